The van der Waals surface area contributed by atoms with E-state index in [9.17, 15) is 0 Å². The molecular formula is C14H21Br2N3. The molecule has 0 radical (unpaired) electrons. The average Bonchev–Trinajstić information content (AvgIpc) is 2.39. The van der Waals surface area contributed by atoms with Gasteiger partial charge >= 0.3 is 0 Å². The highest BCUT2D eigenvalue weighted by Gasteiger charge is 2.13. The highest BCUT2D eigenvalue weighted by molar-refractivity contribution is 9.11. The van der Waals surface area contributed by atoms with Gasteiger partial charge in [0.1, 0.15) is 5.82 Å². The highest BCUT2D eigenvalue weighted by Crippen LogP contribution is 2.23. The lowest BCUT2D eigenvalue weighted by atomic mass is 10.1. The fourth-order valence-electron chi connectivity index (χ4n) is 2.46. The van der Waals surface area contributed by atoms with Crippen LogP contribution in [0.4, 0.5) is 5.82 Å². The van der Waals surface area contributed by atoms with E-state index in [0.717, 1.165) is 21.3 Å². The van der Waals surface area contributed by atoms with Crippen molar-refractivity contribution < 1.29 is 0 Å². The molecule has 1 unspecified atom stereocenters. The monoisotopic (exact) mass is 389 g/mol. The third-order valence-corrected chi connectivity index (χ3v) is 4.48. The van der Waals surface area contributed by atoms with Crippen molar-refractivity contribution in [2.75, 3.05) is 31.5 Å². The van der Waals surface area contributed by atoms with Crippen molar-refractivity contribution in [2.45, 2.75) is 26.2 Å². The van der Waals surface area contributed by atoms with Crippen molar-refractivity contribution in [1.82, 2.24) is 9.88 Å². The predicted octanol–water partition coefficient (Wildman–Crippen LogP) is 4.14. The van der Waals surface area contributed by atoms with Gasteiger partial charge in [0, 0.05) is 23.8 Å². The number of hydrogen-bond donors (Lipinski definition) is 1. The molecule has 2 rings (SSSR count). The number of pyridine rings is 1. The summed E-state index contributed by atoms with van der Waals surface area (Å²) in [6.45, 7) is 6.98. The lowest BCUT2D eigenvalue weighted by molar-refractivity contribution is 0.204. The van der Waals surface area contributed by atoms with Crippen LogP contribution < -0.4 is 5.32 Å². The van der Waals surface area contributed by atoms with Gasteiger partial charge in [0.15, 0.2) is 0 Å². The zero-order valence-electron chi connectivity index (χ0n) is 11.3. The van der Waals surface area contributed by atoms with Crippen LogP contribution in [-0.4, -0.2) is 36.1 Å². The molecule has 0 aromatic carbocycles. The number of likely N-dealkylation sites (tertiary alicyclic amines) is 1. The highest BCUT2D eigenvalue weighted by atomic mass is 79.9. The number of piperidine rings is 1. The normalized spacial score (nSPS) is 18.3. The summed E-state index contributed by atoms with van der Waals surface area (Å²) in [7, 11) is 0. The molecule has 3 nitrogen and oxygen atoms in total. The quantitative estimate of drug-likeness (QED) is 0.818. The Morgan fingerprint density at radius 2 is 2.05 bits per heavy atom. The largest absolute Gasteiger partial charge is 0.369 e. The van der Waals surface area contributed by atoms with E-state index in [-0.39, 0.29) is 0 Å². The van der Waals surface area contributed by atoms with E-state index in [1.165, 1.54) is 38.9 Å². The summed E-state index contributed by atoms with van der Waals surface area (Å²) in [4.78, 5) is 6.96. The Bertz CT molecular complexity index is 406. The third-order valence-electron chi connectivity index (χ3n) is 3.44. The van der Waals surface area contributed by atoms with Crippen molar-refractivity contribution in [1.29, 1.82) is 0 Å². The third kappa shape index (κ3) is 5.04. The molecule has 1 saturated heterocycles. The van der Waals surface area contributed by atoms with Gasteiger partial charge in [-0.1, -0.05) is 13.3 Å². The molecular weight excluding hydrogens is 370 g/mol. The second-order valence-electron chi connectivity index (χ2n) is 5.33. The first-order valence-electron chi connectivity index (χ1n) is 6.92. The summed E-state index contributed by atoms with van der Waals surface area (Å²) < 4.78 is 2.00. The first-order valence-corrected chi connectivity index (χ1v) is 8.51. The number of hydrogen-bond acceptors (Lipinski definition) is 3. The molecule has 19 heavy (non-hydrogen) atoms. The molecule has 2 heterocycles. The van der Waals surface area contributed by atoms with Crippen LogP contribution in [-0.2, 0) is 0 Å². The molecule has 1 fully saturated rings. The Kier molecular flexibility index (Phi) is 6.10. The van der Waals surface area contributed by atoms with Crippen molar-refractivity contribution in [2.24, 2.45) is 5.92 Å². The summed E-state index contributed by atoms with van der Waals surface area (Å²) >= 11 is 6.95. The second-order valence-corrected chi connectivity index (χ2v) is 7.10. The Hall–Kier alpha value is -0.130. The fourth-order valence-corrected chi connectivity index (χ4v) is 3.59. The molecule has 1 aliphatic rings. The minimum atomic E-state index is 0.635. The predicted molar refractivity (Wildman–Crippen MR) is 87.6 cm³/mol. The van der Waals surface area contributed by atoms with Crippen molar-refractivity contribution in [3.63, 3.8) is 0 Å². The first-order chi connectivity index (χ1) is 9.15. The van der Waals surface area contributed by atoms with Crippen molar-refractivity contribution in [3.05, 3.63) is 21.2 Å². The molecule has 1 aromatic heterocycles. The number of rotatable bonds is 5. The Morgan fingerprint density at radius 3 is 2.74 bits per heavy atom. The summed E-state index contributed by atoms with van der Waals surface area (Å²) in [6.07, 6.45) is 5.95. The maximum atomic E-state index is 4.38. The van der Waals surface area contributed by atoms with Crippen LogP contribution in [0.2, 0.25) is 0 Å². The number of nitrogens with zero attached hydrogens (tertiary/aromatic N) is 2. The summed E-state index contributed by atoms with van der Waals surface area (Å²) in [6, 6.07) is 2.02. The summed E-state index contributed by atoms with van der Waals surface area (Å²) in [5, 5.41) is 3.42. The zero-order chi connectivity index (χ0) is 13.7. The fraction of sp³-hybridized carbons (Fsp3) is 0.643. The molecule has 0 bridgehead atoms. The minimum absolute atomic E-state index is 0.635. The van der Waals surface area contributed by atoms with E-state index < -0.39 is 0 Å². The van der Waals surface area contributed by atoms with Gasteiger partial charge in [0.25, 0.3) is 0 Å². The van der Waals surface area contributed by atoms with Gasteiger partial charge in [-0.2, -0.15) is 0 Å². The molecule has 1 aromatic rings. The molecule has 0 aliphatic carbocycles. The number of halogens is 2. The maximum absolute atomic E-state index is 4.38. The SMILES string of the molecule is CC(CNc1ncc(Br)cc1Br)CN1CCCCC1. The van der Waals surface area contributed by atoms with Gasteiger partial charge in [0.05, 0.1) is 4.47 Å². The zero-order valence-corrected chi connectivity index (χ0v) is 14.5. The smallest absolute Gasteiger partial charge is 0.140 e. The lowest BCUT2D eigenvalue weighted by Gasteiger charge is -2.29. The van der Waals surface area contributed by atoms with E-state index in [1.54, 1.807) is 0 Å². The van der Waals surface area contributed by atoms with Crippen LogP contribution in [0.3, 0.4) is 0 Å². The summed E-state index contributed by atoms with van der Waals surface area (Å²) in [5.74, 6) is 1.56. The van der Waals surface area contributed by atoms with Crippen molar-refractivity contribution >= 4 is 37.7 Å². The molecule has 0 amide bonds. The Labute approximate surface area is 132 Å². The lowest BCUT2D eigenvalue weighted by Crippen LogP contribution is -2.35. The van der Waals surface area contributed by atoms with Gasteiger partial charge in [0.2, 0.25) is 0 Å². The van der Waals surface area contributed by atoms with Gasteiger partial charge < -0.3 is 10.2 Å². The molecule has 0 saturated carbocycles. The van der Waals surface area contributed by atoms with E-state index in [1.807, 2.05) is 12.3 Å². The maximum Gasteiger partial charge on any atom is 0.140 e. The summed E-state index contributed by atoms with van der Waals surface area (Å²) in [5.41, 5.74) is 0. The molecule has 1 atom stereocenters. The molecule has 1 N–H and O–H groups in total. The van der Waals surface area contributed by atoms with E-state index >= 15 is 0 Å². The minimum Gasteiger partial charge on any atom is -0.369 e. The second kappa shape index (κ2) is 7.60. The Balaban J connectivity index is 1.77. The van der Waals surface area contributed by atoms with E-state index in [0.29, 0.717) is 5.92 Å². The molecule has 5 heteroatoms. The van der Waals surface area contributed by atoms with Crippen LogP contribution in [0.5, 0.6) is 0 Å². The Morgan fingerprint density at radius 1 is 1.32 bits per heavy atom. The van der Waals surface area contributed by atoms with Gasteiger partial charge in [-0.15, -0.1) is 0 Å². The van der Waals surface area contributed by atoms with Crippen LogP contribution >= 0.6 is 31.9 Å². The number of aromatic nitrogens is 1. The first kappa shape index (κ1) is 15.3. The topological polar surface area (TPSA) is 28.2 Å². The standard InChI is InChI=1S/C14H21Br2N3/c1-11(10-19-5-3-2-4-6-19)8-17-14-13(16)7-12(15)9-18-14/h7,9,11H,2-6,8,10H2,1H3,(H,17,18). The number of nitrogens with one attached hydrogen (secondary N) is 1. The van der Waals surface area contributed by atoms with Gasteiger partial charge in [-0.05, 0) is 69.8 Å². The average molecular weight is 391 g/mol. The van der Waals surface area contributed by atoms with Crippen LogP contribution in [0.1, 0.15) is 26.2 Å². The molecule has 1 aliphatic heterocycles. The number of anilines is 1. The van der Waals surface area contributed by atoms with E-state index in [4.69, 9.17) is 0 Å². The van der Waals surface area contributed by atoms with Gasteiger partial charge in [-0.3, -0.25) is 0 Å². The van der Waals surface area contributed by atoms with Crippen molar-refractivity contribution in [3.8, 4) is 0 Å². The molecule has 0 spiro atoms. The molecule has 106 valence electrons. The van der Waals surface area contributed by atoms with Gasteiger partial charge in [-0.25, -0.2) is 4.98 Å². The van der Waals surface area contributed by atoms with E-state index in [2.05, 4.69) is 54.0 Å². The van der Waals surface area contributed by atoms with Crippen LogP contribution in [0.25, 0.3) is 0 Å². The van der Waals surface area contributed by atoms with Crippen LogP contribution in [0, 0.1) is 5.92 Å². The van der Waals surface area contributed by atoms with Crippen LogP contribution in [0.15, 0.2) is 21.2 Å².